The van der Waals surface area contributed by atoms with E-state index in [1.807, 2.05) is 24.3 Å². The van der Waals surface area contributed by atoms with Crippen molar-refractivity contribution in [3.8, 4) is 16.9 Å². The number of fused-ring (bicyclic) bond motifs is 2. The molecule has 23 heavy (non-hydrogen) atoms. The topological polar surface area (TPSA) is 88.1 Å². The van der Waals surface area contributed by atoms with Crippen molar-refractivity contribution in [2.24, 2.45) is 0 Å². The van der Waals surface area contributed by atoms with Gasteiger partial charge in [-0.05, 0) is 41.3 Å². The molecule has 0 bridgehead atoms. The molecule has 0 aliphatic heterocycles. The van der Waals surface area contributed by atoms with Gasteiger partial charge in [0.05, 0.1) is 12.6 Å². The maximum absolute atomic E-state index is 11.6. The molecule has 0 amide bonds. The third-order valence-electron chi connectivity index (χ3n) is 3.80. The van der Waals surface area contributed by atoms with Crippen LogP contribution in [0.4, 0.5) is 0 Å². The van der Waals surface area contributed by atoms with Crippen LogP contribution in [0.1, 0.15) is 0 Å². The smallest absolute Gasteiger partial charge is 0.417 e. The molecular weight excluding hydrogens is 296 g/mol. The van der Waals surface area contributed by atoms with Gasteiger partial charge in [0.15, 0.2) is 11.3 Å². The fraction of sp³-hybridized carbons (Fsp3) is 0.0588. The van der Waals surface area contributed by atoms with E-state index in [0.717, 1.165) is 22.0 Å². The Bertz CT molecular complexity index is 1150. The summed E-state index contributed by atoms with van der Waals surface area (Å²) in [6.45, 7) is 0. The zero-order valence-corrected chi connectivity index (χ0v) is 12.2. The number of nitrogens with one attached hydrogen (secondary N) is 2. The minimum Gasteiger partial charge on any atom is -0.493 e. The first-order valence-electron chi connectivity index (χ1n) is 6.99. The average Bonchev–Trinajstić information content (AvgIpc) is 2.94. The molecule has 2 N–H and O–H groups in total. The van der Waals surface area contributed by atoms with Gasteiger partial charge in [0, 0.05) is 17.1 Å². The second-order valence-electron chi connectivity index (χ2n) is 5.16. The molecule has 0 aliphatic rings. The normalized spacial score (nSPS) is 11.2. The molecule has 0 fully saturated rings. The van der Waals surface area contributed by atoms with E-state index < -0.39 is 5.76 Å². The molecule has 6 heteroatoms. The summed E-state index contributed by atoms with van der Waals surface area (Å²) < 4.78 is 10.4. The molecule has 0 aliphatic carbocycles. The summed E-state index contributed by atoms with van der Waals surface area (Å²) in [6, 6.07) is 12.5. The van der Waals surface area contributed by atoms with Gasteiger partial charge < -0.3 is 14.1 Å². The molecule has 2 heterocycles. The van der Waals surface area contributed by atoms with Crippen molar-refractivity contribution in [2.75, 3.05) is 7.11 Å². The molecule has 0 radical (unpaired) electrons. The maximum atomic E-state index is 11.6. The Labute approximate surface area is 129 Å². The summed E-state index contributed by atoms with van der Waals surface area (Å²) in [5.41, 5.74) is 3.30. The van der Waals surface area contributed by atoms with Crippen molar-refractivity contribution in [3.05, 3.63) is 63.4 Å². The van der Waals surface area contributed by atoms with Gasteiger partial charge in [-0.3, -0.25) is 9.78 Å². The van der Waals surface area contributed by atoms with Crippen LogP contribution in [0.25, 0.3) is 33.1 Å². The Balaban J connectivity index is 2.00. The molecule has 0 spiro atoms. The van der Waals surface area contributed by atoms with Crippen molar-refractivity contribution in [1.29, 1.82) is 0 Å². The lowest BCUT2D eigenvalue weighted by atomic mass is 10.0. The van der Waals surface area contributed by atoms with E-state index in [4.69, 9.17) is 9.15 Å². The Morgan fingerprint density at radius 2 is 1.87 bits per heavy atom. The fourth-order valence-electron chi connectivity index (χ4n) is 2.73. The van der Waals surface area contributed by atoms with Gasteiger partial charge in [0.25, 0.3) is 0 Å². The molecule has 6 nitrogen and oxygen atoms in total. The Morgan fingerprint density at radius 3 is 2.70 bits per heavy atom. The van der Waals surface area contributed by atoms with Crippen LogP contribution in [0.2, 0.25) is 0 Å². The molecule has 114 valence electrons. The number of ether oxygens (including phenoxy) is 1. The molecule has 4 rings (SSSR count). The van der Waals surface area contributed by atoms with Gasteiger partial charge in [0.1, 0.15) is 0 Å². The standard InChI is InChI=1S/C17H12N2O4/c1-22-13-6-4-11(15-16(13)23-17(21)19-15)9-2-5-12-10(8-9)3-7-14(20)18-12/h2-8H,1H3,(H,18,20)(H,19,21). The lowest BCUT2D eigenvalue weighted by Crippen LogP contribution is -2.02. The predicted octanol–water partition coefficient (Wildman–Crippen LogP) is 2.64. The first-order valence-corrected chi connectivity index (χ1v) is 6.99. The number of H-pyrrole nitrogens is 2. The van der Waals surface area contributed by atoms with Crippen molar-refractivity contribution in [1.82, 2.24) is 9.97 Å². The monoisotopic (exact) mass is 308 g/mol. The van der Waals surface area contributed by atoms with Crippen LogP contribution >= 0.6 is 0 Å². The minimum absolute atomic E-state index is 0.142. The highest BCUT2D eigenvalue weighted by molar-refractivity contribution is 5.96. The highest BCUT2D eigenvalue weighted by Crippen LogP contribution is 2.33. The van der Waals surface area contributed by atoms with Crippen molar-refractivity contribution in [3.63, 3.8) is 0 Å². The number of methoxy groups -OCH3 is 1. The van der Waals surface area contributed by atoms with E-state index in [1.165, 1.54) is 13.2 Å². The third kappa shape index (κ3) is 2.12. The Hall–Kier alpha value is -3.28. The maximum Gasteiger partial charge on any atom is 0.417 e. The van der Waals surface area contributed by atoms with E-state index in [0.29, 0.717) is 16.8 Å². The summed E-state index contributed by atoms with van der Waals surface area (Å²) in [5, 5.41) is 0.900. The number of rotatable bonds is 2. The van der Waals surface area contributed by atoms with Crippen LogP contribution in [0.5, 0.6) is 5.75 Å². The summed E-state index contributed by atoms with van der Waals surface area (Å²) in [7, 11) is 1.52. The number of hydrogen-bond acceptors (Lipinski definition) is 4. The van der Waals surface area contributed by atoms with E-state index in [9.17, 15) is 9.59 Å². The molecule has 4 aromatic rings. The molecule has 0 saturated carbocycles. The van der Waals surface area contributed by atoms with E-state index >= 15 is 0 Å². The van der Waals surface area contributed by atoms with Crippen LogP contribution in [0.3, 0.4) is 0 Å². The summed E-state index contributed by atoms with van der Waals surface area (Å²) >= 11 is 0. The Kier molecular flexibility index (Phi) is 2.84. The van der Waals surface area contributed by atoms with Gasteiger partial charge in [-0.1, -0.05) is 6.07 Å². The highest BCUT2D eigenvalue weighted by atomic mass is 16.5. The molecular formula is C17H12N2O4. The minimum atomic E-state index is -0.532. The number of benzene rings is 2. The average molecular weight is 308 g/mol. The number of aromatic amines is 2. The van der Waals surface area contributed by atoms with Crippen LogP contribution in [-0.2, 0) is 0 Å². The fourth-order valence-corrected chi connectivity index (χ4v) is 2.73. The van der Waals surface area contributed by atoms with Gasteiger partial charge in [-0.25, -0.2) is 4.79 Å². The van der Waals surface area contributed by atoms with E-state index in [-0.39, 0.29) is 5.56 Å². The van der Waals surface area contributed by atoms with Gasteiger partial charge in [0.2, 0.25) is 5.56 Å². The zero-order valence-electron chi connectivity index (χ0n) is 12.2. The SMILES string of the molecule is COc1ccc(-c2ccc3[nH]c(=O)ccc3c2)c2[nH]c(=O)oc12. The number of aromatic nitrogens is 2. The highest BCUT2D eigenvalue weighted by Gasteiger charge is 2.13. The van der Waals surface area contributed by atoms with Crippen molar-refractivity contribution >= 4 is 22.0 Å². The lowest BCUT2D eigenvalue weighted by Gasteiger charge is -2.07. The van der Waals surface area contributed by atoms with E-state index in [2.05, 4.69) is 9.97 Å². The predicted molar refractivity (Wildman–Crippen MR) is 86.9 cm³/mol. The molecule has 0 atom stereocenters. The number of oxazole rings is 1. The molecule has 2 aromatic heterocycles. The second-order valence-corrected chi connectivity index (χ2v) is 5.16. The summed E-state index contributed by atoms with van der Waals surface area (Å²) in [6.07, 6.45) is 0. The number of hydrogen-bond donors (Lipinski definition) is 2. The molecule has 0 saturated heterocycles. The van der Waals surface area contributed by atoms with Crippen molar-refractivity contribution < 1.29 is 9.15 Å². The van der Waals surface area contributed by atoms with Gasteiger partial charge >= 0.3 is 5.76 Å². The quantitative estimate of drug-likeness (QED) is 0.596. The largest absolute Gasteiger partial charge is 0.493 e. The van der Waals surface area contributed by atoms with Crippen LogP contribution in [0, 0.1) is 0 Å². The van der Waals surface area contributed by atoms with E-state index in [1.54, 1.807) is 12.1 Å². The second kappa shape index (κ2) is 4.88. The summed E-state index contributed by atoms with van der Waals surface area (Å²) in [5.74, 6) is -0.0388. The molecule has 0 unspecified atom stereocenters. The first-order chi connectivity index (χ1) is 11.2. The number of pyridine rings is 1. The third-order valence-corrected chi connectivity index (χ3v) is 3.80. The van der Waals surface area contributed by atoms with Gasteiger partial charge in [-0.2, -0.15) is 0 Å². The Morgan fingerprint density at radius 1 is 1.00 bits per heavy atom. The molecule has 2 aromatic carbocycles. The first kappa shape index (κ1) is 13.4. The van der Waals surface area contributed by atoms with Crippen LogP contribution < -0.4 is 16.1 Å². The van der Waals surface area contributed by atoms with Crippen LogP contribution in [0.15, 0.2) is 56.5 Å². The zero-order chi connectivity index (χ0) is 16.0. The van der Waals surface area contributed by atoms with Crippen LogP contribution in [-0.4, -0.2) is 17.1 Å². The summed E-state index contributed by atoms with van der Waals surface area (Å²) in [4.78, 5) is 28.4. The van der Waals surface area contributed by atoms with Crippen molar-refractivity contribution in [2.45, 2.75) is 0 Å². The lowest BCUT2D eigenvalue weighted by molar-refractivity contribution is 0.408. The van der Waals surface area contributed by atoms with Gasteiger partial charge in [-0.15, -0.1) is 0 Å².